The number of hydrogen-bond donors (Lipinski definition) is 2. The number of piperidine rings is 1. The van der Waals surface area contributed by atoms with Crippen molar-refractivity contribution in [2.24, 2.45) is 5.41 Å². The number of nitrogens with one attached hydrogen (secondary N) is 1. The lowest BCUT2D eigenvalue weighted by atomic mass is 9.38. The van der Waals surface area contributed by atoms with Gasteiger partial charge < -0.3 is 24.3 Å². The van der Waals surface area contributed by atoms with Gasteiger partial charge in [-0.15, -0.1) is 0 Å². The molecule has 4 bridgehead atoms. The maximum absolute atomic E-state index is 12.4. The van der Waals surface area contributed by atoms with Crippen LogP contribution in [0, 0.1) is 10.6 Å². The van der Waals surface area contributed by atoms with Crippen molar-refractivity contribution in [1.82, 2.24) is 4.90 Å². The molecule has 1 saturated heterocycles. The normalized spacial score (nSPS) is 43.6. The summed E-state index contributed by atoms with van der Waals surface area (Å²) in [5, 5.41) is 21.6. The van der Waals surface area contributed by atoms with Crippen molar-refractivity contribution in [2.45, 2.75) is 48.5 Å². The van der Waals surface area contributed by atoms with Gasteiger partial charge >= 0.3 is 0 Å². The molecule has 1 saturated carbocycles. The molecule has 7 atom stereocenters. The zero-order valence-corrected chi connectivity index (χ0v) is 16.4. The maximum Gasteiger partial charge on any atom is 0.209 e. The van der Waals surface area contributed by atoms with E-state index in [1.54, 1.807) is 14.2 Å². The number of quaternary nitrogens is 1. The lowest BCUT2D eigenvalue weighted by Crippen LogP contribution is -3.14. The number of carbonyl (C=O) groups excluding carboxylic acids is 1. The first-order valence-electron chi connectivity index (χ1n) is 10.1. The summed E-state index contributed by atoms with van der Waals surface area (Å²) in [6.45, 7) is 0.622. The van der Waals surface area contributed by atoms with Gasteiger partial charge in [0, 0.05) is 37.1 Å². The molecule has 8 heteroatoms. The number of likely N-dealkylation sites (tertiary alicyclic amines) is 1. The molecule has 8 nitrogen and oxygen atoms in total. The third-order valence-electron chi connectivity index (χ3n) is 8.48. The van der Waals surface area contributed by atoms with Gasteiger partial charge in [0.25, 0.3) is 0 Å². The second kappa shape index (κ2) is 5.31. The molecular formula is C21H24N2O6. The molecule has 2 fully saturated rings. The highest BCUT2D eigenvalue weighted by atomic mass is 16.8. The molecule has 1 unspecified atom stereocenters. The lowest BCUT2D eigenvalue weighted by Gasteiger charge is -2.70. The van der Waals surface area contributed by atoms with Gasteiger partial charge in [-0.2, -0.15) is 0 Å². The molecule has 4 aliphatic carbocycles. The summed E-state index contributed by atoms with van der Waals surface area (Å²) in [4.78, 5) is 13.8. The summed E-state index contributed by atoms with van der Waals surface area (Å²) < 4.78 is 18.2. The van der Waals surface area contributed by atoms with Crippen LogP contribution in [0.15, 0.2) is 24.3 Å². The molecule has 1 amide bonds. The van der Waals surface area contributed by atoms with Crippen LogP contribution in [0.5, 0.6) is 11.5 Å². The summed E-state index contributed by atoms with van der Waals surface area (Å²) in [5.41, 5.74) is 0.318. The molecule has 1 aromatic carbocycles. The molecule has 7 rings (SSSR count). The van der Waals surface area contributed by atoms with Crippen molar-refractivity contribution in [1.29, 1.82) is 0 Å². The minimum atomic E-state index is -1.06. The highest BCUT2D eigenvalue weighted by molar-refractivity contribution is 5.66. The van der Waals surface area contributed by atoms with Crippen molar-refractivity contribution in [2.75, 3.05) is 20.8 Å². The molecular weight excluding hydrogens is 376 g/mol. The summed E-state index contributed by atoms with van der Waals surface area (Å²) in [7, 11) is 3.19. The van der Waals surface area contributed by atoms with E-state index < -0.39 is 33.8 Å². The Morgan fingerprint density at radius 1 is 1.38 bits per heavy atom. The van der Waals surface area contributed by atoms with Gasteiger partial charge in [0.05, 0.1) is 12.5 Å². The Kier molecular flexibility index (Phi) is 3.24. The first kappa shape index (κ1) is 17.7. The molecule has 2 N–H and O–H groups in total. The van der Waals surface area contributed by atoms with E-state index in [1.807, 2.05) is 17.0 Å². The van der Waals surface area contributed by atoms with Crippen LogP contribution in [-0.4, -0.2) is 61.1 Å². The van der Waals surface area contributed by atoms with Crippen LogP contribution in [0.2, 0.25) is 0 Å². The average Bonchev–Trinajstić information content (AvgIpc) is 3.10. The molecule has 2 aliphatic heterocycles. The van der Waals surface area contributed by atoms with Crippen LogP contribution in [0.4, 0.5) is 0 Å². The number of hydrogen-bond acceptors (Lipinski definition) is 6. The van der Waals surface area contributed by atoms with E-state index in [0.29, 0.717) is 37.3 Å². The van der Waals surface area contributed by atoms with Crippen molar-refractivity contribution in [3.8, 4) is 11.5 Å². The fraction of sp³-hybridized carbons (Fsp3) is 0.571. The predicted molar refractivity (Wildman–Crippen MR) is 99.8 cm³/mol. The Hall–Kier alpha value is -2.13. The van der Waals surface area contributed by atoms with E-state index in [0.717, 1.165) is 17.5 Å². The summed E-state index contributed by atoms with van der Waals surface area (Å²) in [5.74, 6) is 1.38. The predicted octanol–water partition coefficient (Wildman–Crippen LogP) is -0.0336. The van der Waals surface area contributed by atoms with Gasteiger partial charge in [0.15, 0.2) is 23.1 Å². The summed E-state index contributed by atoms with van der Waals surface area (Å²) in [6, 6.07) is 3.14. The van der Waals surface area contributed by atoms with E-state index in [2.05, 4.69) is 12.1 Å². The van der Waals surface area contributed by atoms with Crippen LogP contribution in [0.3, 0.4) is 0 Å². The van der Waals surface area contributed by atoms with E-state index in [9.17, 15) is 15.2 Å². The largest absolute Gasteiger partial charge is 0.600 e. The van der Waals surface area contributed by atoms with Crippen LogP contribution in [0.1, 0.15) is 24.0 Å². The molecule has 0 aromatic heterocycles. The Morgan fingerprint density at radius 2 is 2.21 bits per heavy atom. The van der Waals surface area contributed by atoms with Gasteiger partial charge in [-0.3, -0.25) is 4.79 Å². The molecule has 154 valence electrons. The van der Waals surface area contributed by atoms with Gasteiger partial charge in [-0.05, 0) is 30.5 Å². The number of carbonyl (C=O) groups is 1. The molecule has 0 radical (unpaired) electrons. The van der Waals surface area contributed by atoms with E-state index in [4.69, 9.17) is 14.2 Å². The number of fused-ring (bicyclic) bond motifs is 1. The Bertz CT molecular complexity index is 949. The van der Waals surface area contributed by atoms with E-state index in [-0.39, 0.29) is 6.04 Å². The zero-order valence-electron chi connectivity index (χ0n) is 16.4. The third-order valence-corrected chi connectivity index (χ3v) is 8.48. The maximum atomic E-state index is 12.4. The first-order valence-corrected chi connectivity index (χ1v) is 10.1. The topological polar surface area (TPSA) is 95.7 Å². The van der Waals surface area contributed by atoms with Gasteiger partial charge in [-0.25, -0.2) is 10.4 Å². The Morgan fingerprint density at radius 3 is 2.90 bits per heavy atom. The number of ether oxygens (including phenoxy) is 3. The fourth-order valence-corrected chi connectivity index (χ4v) is 7.43. The van der Waals surface area contributed by atoms with Crippen molar-refractivity contribution in [3.63, 3.8) is 0 Å². The number of benzene rings is 1. The smallest absolute Gasteiger partial charge is 0.209 e. The summed E-state index contributed by atoms with van der Waals surface area (Å²) >= 11 is 0. The standard InChI is InChI=1S/C21H24N2O6/c1-27-13-4-3-12-9-14-19-5-6-21(28-2,15(10-19)23(25)26)18-20(19,7-8-22(14)11-24)16(12)17(13)29-18/h3-6,11,14-15,18,23,25H,7-10H2,1-2H3/t14-,15-,18+,19+,20-,21+/m0/s1. The fourth-order valence-electron chi connectivity index (χ4n) is 7.43. The number of nitrogens with zero attached hydrogens (tertiary/aromatic N) is 1. The number of amides is 1. The molecule has 29 heavy (non-hydrogen) atoms. The van der Waals surface area contributed by atoms with Crippen LogP contribution < -0.4 is 14.7 Å². The van der Waals surface area contributed by atoms with E-state index in [1.165, 1.54) is 0 Å². The monoisotopic (exact) mass is 400 g/mol. The number of rotatable bonds is 4. The van der Waals surface area contributed by atoms with Gasteiger partial charge in [0.1, 0.15) is 6.10 Å². The zero-order chi connectivity index (χ0) is 20.2. The summed E-state index contributed by atoms with van der Waals surface area (Å²) in [6.07, 6.45) is 6.32. The van der Waals surface area contributed by atoms with Crippen LogP contribution in [0.25, 0.3) is 0 Å². The average molecular weight is 400 g/mol. The third kappa shape index (κ3) is 1.64. The second-order valence-corrected chi connectivity index (χ2v) is 8.94. The number of methoxy groups -OCH3 is 2. The molecule has 2 heterocycles. The first-order chi connectivity index (χ1) is 14.0. The Labute approximate surface area is 168 Å². The highest BCUT2D eigenvalue weighted by Gasteiger charge is 2.81. The second-order valence-electron chi connectivity index (χ2n) is 8.94. The van der Waals surface area contributed by atoms with Crippen molar-refractivity contribution < 1.29 is 29.4 Å². The molecule has 2 spiro atoms. The van der Waals surface area contributed by atoms with Gasteiger partial charge in [0.2, 0.25) is 6.41 Å². The van der Waals surface area contributed by atoms with Crippen molar-refractivity contribution >= 4 is 6.41 Å². The van der Waals surface area contributed by atoms with Crippen LogP contribution >= 0.6 is 0 Å². The molecule has 1 aromatic rings. The van der Waals surface area contributed by atoms with Crippen molar-refractivity contribution in [3.05, 3.63) is 40.6 Å². The van der Waals surface area contributed by atoms with Crippen LogP contribution in [-0.2, 0) is 21.4 Å². The van der Waals surface area contributed by atoms with E-state index >= 15 is 0 Å². The minimum absolute atomic E-state index is 0.0973. The minimum Gasteiger partial charge on any atom is -0.600 e. The highest BCUT2D eigenvalue weighted by Crippen LogP contribution is 2.73. The molecule has 6 aliphatic rings. The lowest BCUT2D eigenvalue weighted by molar-refractivity contribution is -1.07. The Balaban J connectivity index is 1.70. The quantitative estimate of drug-likeness (QED) is 0.419. The SMILES string of the molecule is COc1ccc2c3c1O[C@H]1[C@@]4(OC)C=C[C@@]5(C[C@@H]4[NH+]([O-])O)[C@H](C2)N(C=O)CC[C@]315. The number of hydroxylamine groups is 2. The van der Waals surface area contributed by atoms with Gasteiger partial charge in [-0.1, -0.05) is 12.1 Å².